The van der Waals surface area contributed by atoms with Crippen molar-refractivity contribution in [3.63, 3.8) is 0 Å². The van der Waals surface area contributed by atoms with Gasteiger partial charge < -0.3 is 11.5 Å². The zero-order valence-electron chi connectivity index (χ0n) is 9.46. The van der Waals surface area contributed by atoms with Crippen LogP contribution in [0.3, 0.4) is 0 Å². The second kappa shape index (κ2) is 6.37. The van der Waals surface area contributed by atoms with E-state index >= 15 is 0 Å². The van der Waals surface area contributed by atoms with E-state index in [1.165, 1.54) is 5.56 Å². The number of aryl methyl sites for hydroxylation is 1. The molecule has 0 aliphatic carbocycles. The van der Waals surface area contributed by atoms with Gasteiger partial charge in [-0.05, 0) is 18.1 Å². The van der Waals surface area contributed by atoms with Gasteiger partial charge in [-0.3, -0.25) is 0 Å². The second-order valence-electron chi connectivity index (χ2n) is 3.38. The van der Waals surface area contributed by atoms with Crippen molar-refractivity contribution in [3.8, 4) is 5.69 Å². The molecule has 2 rings (SSSR count). The summed E-state index contributed by atoms with van der Waals surface area (Å²) in [5.74, 6) is 0.496. The average molecular weight is 275 g/mol. The van der Waals surface area contributed by atoms with E-state index in [1.54, 1.807) is 10.9 Å². The molecule has 4 N–H and O–H groups in total. The topological polar surface area (TPSA) is 69.9 Å². The van der Waals surface area contributed by atoms with Gasteiger partial charge in [-0.2, -0.15) is 5.10 Å². The van der Waals surface area contributed by atoms with E-state index in [0.29, 0.717) is 11.5 Å². The third-order valence-corrected chi connectivity index (χ3v) is 2.44. The number of para-hydroxylation sites is 1. The molecular weight excluding hydrogens is 259 g/mol. The van der Waals surface area contributed by atoms with Gasteiger partial charge in [0.05, 0.1) is 17.6 Å². The lowest BCUT2D eigenvalue weighted by Gasteiger charge is -2.08. The molecule has 4 nitrogen and oxygen atoms in total. The fourth-order valence-electron chi connectivity index (χ4n) is 1.58. The Morgan fingerprint density at radius 3 is 2.35 bits per heavy atom. The van der Waals surface area contributed by atoms with Gasteiger partial charge in [-0.15, -0.1) is 24.8 Å². The van der Waals surface area contributed by atoms with Crippen LogP contribution in [-0.2, 0) is 6.42 Å². The SMILES string of the molecule is CCc1ccccc1-n1ncc(N)c1N.Cl.Cl. The fourth-order valence-corrected chi connectivity index (χ4v) is 1.58. The Balaban J connectivity index is 0.00000128. The first-order valence-corrected chi connectivity index (χ1v) is 4.91. The van der Waals surface area contributed by atoms with E-state index in [2.05, 4.69) is 18.1 Å². The van der Waals surface area contributed by atoms with Crippen LogP contribution in [0.2, 0.25) is 0 Å². The summed E-state index contributed by atoms with van der Waals surface area (Å²) in [6.07, 6.45) is 2.51. The summed E-state index contributed by atoms with van der Waals surface area (Å²) in [4.78, 5) is 0. The summed E-state index contributed by atoms with van der Waals surface area (Å²) in [7, 11) is 0. The summed E-state index contributed by atoms with van der Waals surface area (Å²) in [5, 5.41) is 4.16. The summed E-state index contributed by atoms with van der Waals surface area (Å²) >= 11 is 0. The molecule has 0 amide bonds. The molecule has 94 valence electrons. The zero-order chi connectivity index (χ0) is 10.8. The minimum absolute atomic E-state index is 0. The Bertz CT molecular complexity index is 482. The van der Waals surface area contributed by atoms with Crippen molar-refractivity contribution >= 4 is 36.3 Å². The Kier molecular flexibility index (Phi) is 5.85. The molecule has 1 heterocycles. The summed E-state index contributed by atoms with van der Waals surface area (Å²) in [6.45, 7) is 2.10. The molecular formula is C11H16Cl2N4. The highest BCUT2D eigenvalue weighted by atomic mass is 35.5. The van der Waals surface area contributed by atoms with Crippen molar-refractivity contribution in [2.75, 3.05) is 11.5 Å². The van der Waals surface area contributed by atoms with Crippen LogP contribution in [0, 0.1) is 0 Å². The largest absolute Gasteiger partial charge is 0.394 e. The Labute approximate surface area is 113 Å². The van der Waals surface area contributed by atoms with Gasteiger partial charge in [-0.25, -0.2) is 4.68 Å². The minimum atomic E-state index is 0. The van der Waals surface area contributed by atoms with Gasteiger partial charge in [0.2, 0.25) is 0 Å². The Hall–Kier alpha value is -1.39. The summed E-state index contributed by atoms with van der Waals surface area (Å²) in [6, 6.07) is 8.02. The molecule has 0 saturated heterocycles. The quantitative estimate of drug-likeness (QED) is 0.884. The van der Waals surface area contributed by atoms with Gasteiger partial charge in [0.1, 0.15) is 5.82 Å². The van der Waals surface area contributed by atoms with Crippen LogP contribution in [0.1, 0.15) is 12.5 Å². The molecule has 0 atom stereocenters. The maximum Gasteiger partial charge on any atom is 0.150 e. The van der Waals surface area contributed by atoms with Crippen molar-refractivity contribution in [1.29, 1.82) is 0 Å². The molecule has 0 unspecified atom stereocenters. The van der Waals surface area contributed by atoms with Crippen LogP contribution in [0.25, 0.3) is 5.69 Å². The molecule has 0 aliphatic rings. The van der Waals surface area contributed by atoms with E-state index in [4.69, 9.17) is 11.5 Å². The molecule has 0 saturated carbocycles. The maximum absolute atomic E-state index is 5.83. The second-order valence-corrected chi connectivity index (χ2v) is 3.38. The van der Waals surface area contributed by atoms with E-state index in [-0.39, 0.29) is 24.8 Å². The number of anilines is 2. The normalized spacial score (nSPS) is 9.24. The number of nitrogens with two attached hydrogens (primary N) is 2. The number of hydrogen-bond donors (Lipinski definition) is 2. The van der Waals surface area contributed by atoms with Gasteiger partial charge in [-0.1, -0.05) is 25.1 Å². The highest BCUT2D eigenvalue weighted by Gasteiger charge is 2.08. The third kappa shape index (κ3) is 2.84. The number of benzene rings is 1. The third-order valence-electron chi connectivity index (χ3n) is 2.44. The molecule has 0 aliphatic heterocycles. The van der Waals surface area contributed by atoms with Crippen LogP contribution < -0.4 is 11.5 Å². The fraction of sp³-hybridized carbons (Fsp3) is 0.182. The number of halogens is 2. The molecule has 17 heavy (non-hydrogen) atoms. The van der Waals surface area contributed by atoms with Crippen molar-refractivity contribution in [2.45, 2.75) is 13.3 Å². The first-order valence-electron chi connectivity index (χ1n) is 4.91. The number of rotatable bonds is 2. The summed E-state index contributed by atoms with van der Waals surface area (Å²) in [5.41, 5.74) is 14.2. The van der Waals surface area contributed by atoms with E-state index in [1.807, 2.05) is 18.2 Å². The predicted octanol–water partition coefficient (Wildman–Crippen LogP) is 2.44. The van der Waals surface area contributed by atoms with Crippen molar-refractivity contribution in [1.82, 2.24) is 9.78 Å². The lowest BCUT2D eigenvalue weighted by molar-refractivity contribution is 0.873. The van der Waals surface area contributed by atoms with E-state index in [9.17, 15) is 0 Å². The number of aromatic nitrogens is 2. The van der Waals surface area contributed by atoms with Crippen molar-refractivity contribution < 1.29 is 0 Å². The first kappa shape index (κ1) is 15.6. The van der Waals surface area contributed by atoms with Gasteiger partial charge in [0.15, 0.2) is 0 Å². The summed E-state index contributed by atoms with van der Waals surface area (Å²) < 4.78 is 1.67. The standard InChI is InChI=1S/C11H14N4.2ClH/c1-2-8-5-3-4-6-10(8)15-11(13)9(12)7-14-15;;/h3-7H,2,12-13H2,1H3;2*1H. The monoisotopic (exact) mass is 274 g/mol. The molecule has 6 heteroatoms. The molecule has 1 aromatic carbocycles. The van der Waals surface area contributed by atoms with Crippen LogP contribution in [0.4, 0.5) is 11.5 Å². The number of hydrogen-bond acceptors (Lipinski definition) is 3. The zero-order valence-corrected chi connectivity index (χ0v) is 11.1. The first-order chi connectivity index (χ1) is 7.24. The average Bonchev–Trinajstić information content (AvgIpc) is 2.60. The molecule has 2 aromatic rings. The predicted molar refractivity (Wildman–Crippen MR) is 76.3 cm³/mol. The Morgan fingerprint density at radius 2 is 1.82 bits per heavy atom. The highest BCUT2D eigenvalue weighted by molar-refractivity contribution is 5.85. The van der Waals surface area contributed by atoms with Gasteiger partial charge >= 0.3 is 0 Å². The molecule has 1 aromatic heterocycles. The maximum atomic E-state index is 5.83. The molecule has 0 bridgehead atoms. The minimum Gasteiger partial charge on any atom is -0.394 e. The molecule has 0 radical (unpaired) electrons. The van der Waals surface area contributed by atoms with Gasteiger partial charge in [0.25, 0.3) is 0 Å². The molecule has 0 spiro atoms. The smallest absolute Gasteiger partial charge is 0.150 e. The lowest BCUT2D eigenvalue weighted by Crippen LogP contribution is -2.05. The highest BCUT2D eigenvalue weighted by Crippen LogP contribution is 2.21. The van der Waals surface area contributed by atoms with Crippen molar-refractivity contribution in [3.05, 3.63) is 36.0 Å². The molecule has 0 fully saturated rings. The number of nitrogens with zero attached hydrogens (tertiary/aromatic N) is 2. The van der Waals surface area contributed by atoms with E-state index < -0.39 is 0 Å². The Morgan fingerprint density at radius 1 is 1.18 bits per heavy atom. The lowest BCUT2D eigenvalue weighted by atomic mass is 10.1. The van der Waals surface area contributed by atoms with Crippen LogP contribution in [-0.4, -0.2) is 9.78 Å². The van der Waals surface area contributed by atoms with Crippen LogP contribution >= 0.6 is 24.8 Å². The van der Waals surface area contributed by atoms with Crippen molar-refractivity contribution in [2.24, 2.45) is 0 Å². The van der Waals surface area contributed by atoms with Crippen LogP contribution in [0.15, 0.2) is 30.5 Å². The van der Waals surface area contributed by atoms with Gasteiger partial charge in [0, 0.05) is 0 Å². The van der Waals surface area contributed by atoms with Crippen LogP contribution in [0.5, 0.6) is 0 Å². The number of nitrogen functional groups attached to an aromatic ring is 2. The van der Waals surface area contributed by atoms with E-state index in [0.717, 1.165) is 12.1 Å².